The molecule has 2 N–H and O–H groups in total. The first-order chi connectivity index (χ1) is 10.3. The third-order valence-electron chi connectivity index (χ3n) is 3.91. The molecular formula is C17H20N2OS. The maximum Gasteiger partial charge on any atom is 0.261 e. The minimum atomic E-state index is 0.0504. The second kappa shape index (κ2) is 6.87. The van der Waals surface area contributed by atoms with Crippen molar-refractivity contribution < 1.29 is 4.79 Å². The zero-order valence-electron chi connectivity index (χ0n) is 12.0. The van der Waals surface area contributed by atoms with Crippen molar-refractivity contribution in [3.8, 4) is 11.1 Å². The summed E-state index contributed by atoms with van der Waals surface area (Å²) in [5.74, 6) is 0.609. The van der Waals surface area contributed by atoms with E-state index < -0.39 is 0 Å². The van der Waals surface area contributed by atoms with Crippen molar-refractivity contribution >= 4 is 17.2 Å². The Morgan fingerprint density at radius 3 is 2.90 bits per heavy atom. The standard InChI is InChI=1S/C17H20N2OS/c20-17(19-12-13-5-4-9-18-11-13)16-15(8-10-21-16)14-6-2-1-3-7-14/h1-3,6-8,10,13,18H,4-5,9,11-12H2,(H,19,20). The predicted octanol–water partition coefficient (Wildman–Crippen LogP) is 3.14. The predicted molar refractivity (Wildman–Crippen MR) is 87.7 cm³/mol. The summed E-state index contributed by atoms with van der Waals surface area (Å²) in [5, 5.41) is 8.46. The molecule has 1 aliphatic heterocycles. The number of nitrogens with one attached hydrogen (secondary N) is 2. The normalized spacial score (nSPS) is 18.4. The quantitative estimate of drug-likeness (QED) is 0.911. The molecule has 0 saturated carbocycles. The molecule has 21 heavy (non-hydrogen) atoms. The van der Waals surface area contributed by atoms with Crippen molar-refractivity contribution in [2.24, 2.45) is 5.92 Å². The van der Waals surface area contributed by atoms with Gasteiger partial charge in [0.25, 0.3) is 5.91 Å². The van der Waals surface area contributed by atoms with Crippen LogP contribution >= 0.6 is 11.3 Å². The molecule has 3 rings (SSSR count). The highest BCUT2D eigenvalue weighted by atomic mass is 32.1. The fourth-order valence-corrected chi connectivity index (χ4v) is 3.58. The highest BCUT2D eigenvalue weighted by Crippen LogP contribution is 2.28. The van der Waals surface area contributed by atoms with Gasteiger partial charge < -0.3 is 10.6 Å². The number of piperidine rings is 1. The zero-order valence-corrected chi connectivity index (χ0v) is 12.8. The van der Waals surface area contributed by atoms with Gasteiger partial charge in [-0.15, -0.1) is 11.3 Å². The number of thiophene rings is 1. The number of benzene rings is 1. The van der Waals surface area contributed by atoms with Crippen LogP contribution in [0.3, 0.4) is 0 Å². The van der Waals surface area contributed by atoms with Gasteiger partial charge in [0, 0.05) is 12.1 Å². The molecule has 0 spiro atoms. The molecule has 1 aromatic carbocycles. The molecule has 0 bridgehead atoms. The molecule has 1 saturated heterocycles. The van der Waals surface area contributed by atoms with E-state index in [4.69, 9.17) is 0 Å². The van der Waals surface area contributed by atoms with Gasteiger partial charge in [-0.25, -0.2) is 0 Å². The Morgan fingerprint density at radius 1 is 1.29 bits per heavy atom. The van der Waals surface area contributed by atoms with E-state index in [0.29, 0.717) is 5.92 Å². The van der Waals surface area contributed by atoms with E-state index in [1.165, 1.54) is 24.2 Å². The van der Waals surface area contributed by atoms with Crippen molar-refractivity contribution in [3.63, 3.8) is 0 Å². The number of carbonyl (C=O) groups excluding carboxylic acids is 1. The van der Waals surface area contributed by atoms with Crippen LogP contribution in [-0.4, -0.2) is 25.5 Å². The average Bonchev–Trinajstić information content (AvgIpc) is 3.04. The van der Waals surface area contributed by atoms with E-state index in [-0.39, 0.29) is 5.91 Å². The highest BCUT2D eigenvalue weighted by Gasteiger charge is 2.17. The van der Waals surface area contributed by atoms with Gasteiger partial charge in [-0.1, -0.05) is 30.3 Å². The molecule has 1 atom stereocenters. The summed E-state index contributed by atoms with van der Waals surface area (Å²) >= 11 is 1.51. The fourth-order valence-electron chi connectivity index (χ4n) is 2.75. The molecule has 2 aromatic rings. The molecule has 110 valence electrons. The molecule has 4 heteroatoms. The highest BCUT2D eigenvalue weighted by molar-refractivity contribution is 7.12. The average molecular weight is 300 g/mol. The van der Waals surface area contributed by atoms with Crippen LogP contribution in [0, 0.1) is 5.92 Å². The minimum Gasteiger partial charge on any atom is -0.351 e. The molecular weight excluding hydrogens is 280 g/mol. The Hall–Kier alpha value is -1.65. The zero-order chi connectivity index (χ0) is 14.5. The van der Waals surface area contributed by atoms with Crippen LogP contribution < -0.4 is 10.6 Å². The van der Waals surface area contributed by atoms with Crippen molar-refractivity contribution in [3.05, 3.63) is 46.7 Å². The van der Waals surface area contributed by atoms with Crippen LogP contribution in [-0.2, 0) is 0 Å². The monoisotopic (exact) mass is 300 g/mol. The maximum atomic E-state index is 12.4. The van der Waals surface area contributed by atoms with E-state index in [2.05, 4.69) is 10.6 Å². The number of amides is 1. The number of hydrogen-bond acceptors (Lipinski definition) is 3. The summed E-state index contributed by atoms with van der Waals surface area (Å²) in [4.78, 5) is 13.2. The molecule has 1 fully saturated rings. The Labute approximate surface area is 129 Å². The van der Waals surface area contributed by atoms with Crippen molar-refractivity contribution in [2.75, 3.05) is 19.6 Å². The van der Waals surface area contributed by atoms with Crippen LogP contribution in [0.5, 0.6) is 0 Å². The topological polar surface area (TPSA) is 41.1 Å². The Morgan fingerprint density at radius 2 is 2.14 bits per heavy atom. The third-order valence-corrected chi connectivity index (χ3v) is 4.82. The first-order valence-corrected chi connectivity index (χ1v) is 8.34. The van der Waals surface area contributed by atoms with Gasteiger partial charge in [-0.3, -0.25) is 4.79 Å². The lowest BCUT2D eigenvalue weighted by atomic mass is 9.99. The summed E-state index contributed by atoms with van der Waals surface area (Å²) in [6.45, 7) is 2.88. The maximum absolute atomic E-state index is 12.4. The smallest absolute Gasteiger partial charge is 0.261 e. The molecule has 1 aromatic heterocycles. The summed E-state index contributed by atoms with van der Waals surface area (Å²) < 4.78 is 0. The van der Waals surface area contributed by atoms with E-state index in [9.17, 15) is 4.79 Å². The molecule has 1 aliphatic rings. The Kier molecular flexibility index (Phi) is 4.68. The number of hydrogen-bond donors (Lipinski definition) is 2. The molecule has 2 heterocycles. The van der Waals surface area contributed by atoms with Gasteiger partial charge in [0.2, 0.25) is 0 Å². The van der Waals surface area contributed by atoms with Crippen LogP contribution in [0.4, 0.5) is 0 Å². The van der Waals surface area contributed by atoms with Crippen LogP contribution in [0.15, 0.2) is 41.8 Å². The molecule has 0 radical (unpaired) electrons. The second-order valence-corrected chi connectivity index (χ2v) is 6.37. The lowest BCUT2D eigenvalue weighted by Crippen LogP contribution is -2.38. The number of carbonyl (C=O) groups is 1. The van der Waals surface area contributed by atoms with Gasteiger partial charge >= 0.3 is 0 Å². The number of rotatable bonds is 4. The molecule has 1 amide bonds. The van der Waals surface area contributed by atoms with Gasteiger partial charge in [0.15, 0.2) is 0 Å². The molecule has 0 aliphatic carbocycles. The van der Waals surface area contributed by atoms with E-state index >= 15 is 0 Å². The van der Waals surface area contributed by atoms with Crippen molar-refractivity contribution in [1.29, 1.82) is 0 Å². The van der Waals surface area contributed by atoms with Gasteiger partial charge in [-0.05, 0) is 48.9 Å². The van der Waals surface area contributed by atoms with Gasteiger partial charge in [0.05, 0.1) is 4.88 Å². The Balaban J connectivity index is 1.66. The van der Waals surface area contributed by atoms with Gasteiger partial charge in [-0.2, -0.15) is 0 Å². The van der Waals surface area contributed by atoms with E-state index in [0.717, 1.165) is 35.6 Å². The lowest BCUT2D eigenvalue weighted by molar-refractivity contribution is 0.0949. The van der Waals surface area contributed by atoms with Crippen molar-refractivity contribution in [1.82, 2.24) is 10.6 Å². The fraction of sp³-hybridized carbons (Fsp3) is 0.353. The van der Waals surface area contributed by atoms with Crippen molar-refractivity contribution in [2.45, 2.75) is 12.8 Å². The van der Waals surface area contributed by atoms with E-state index in [1.807, 2.05) is 41.8 Å². The molecule has 3 nitrogen and oxygen atoms in total. The first kappa shape index (κ1) is 14.3. The molecule has 1 unspecified atom stereocenters. The summed E-state index contributed by atoms with van der Waals surface area (Å²) in [7, 11) is 0. The first-order valence-electron chi connectivity index (χ1n) is 7.46. The minimum absolute atomic E-state index is 0.0504. The summed E-state index contributed by atoms with van der Waals surface area (Å²) in [5.41, 5.74) is 2.13. The van der Waals surface area contributed by atoms with Crippen LogP contribution in [0.25, 0.3) is 11.1 Å². The van der Waals surface area contributed by atoms with Crippen LogP contribution in [0.1, 0.15) is 22.5 Å². The lowest BCUT2D eigenvalue weighted by Gasteiger charge is -2.22. The SMILES string of the molecule is O=C(NCC1CCCNC1)c1sccc1-c1ccccc1. The van der Waals surface area contributed by atoms with Gasteiger partial charge in [0.1, 0.15) is 0 Å². The second-order valence-electron chi connectivity index (χ2n) is 5.45. The summed E-state index contributed by atoms with van der Waals surface area (Å²) in [6.07, 6.45) is 2.40. The Bertz CT molecular complexity index is 588. The summed E-state index contributed by atoms with van der Waals surface area (Å²) in [6, 6.07) is 12.1. The van der Waals surface area contributed by atoms with E-state index in [1.54, 1.807) is 0 Å². The van der Waals surface area contributed by atoms with Crippen LogP contribution in [0.2, 0.25) is 0 Å². The largest absolute Gasteiger partial charge is 0.351 e. The third kappa shape index (κ3) is 3.52.